The molecule has 0 spiro atoms. The van der Waals surface area contributed by atoms with Gasteiger partial charge >= 0.3 is 0 Å². The van der Waals surface area contributed by atoms with Crippen molar-refractivity contribution in [3.63, 3.8) is 0 Å². The highest BCUT2D eigenvalue weighted by Gasteiger charge is 2.24. The summed E-state index contributed by atoms with van der Waals surface area (Å²) in [6.45, 7) is 1.63. The molecule has 8 nitrogen and oxygen atoms in total. The monoisotopic (exact) mass is 438 g/mol. The van der Waals surface area contributed by atoms with Crippen LogP contribution in [0.25, 0.3) is 0 Å². The second kappa shape index (κ2) is 8.98. The van der Waals surface area contributed by atoms with Gasteiger partial charge in [-0.3, -0.25) is 9.59 Å². The number of benzene rings is 2. The first-order valence-electron chi connectivity index (χ1n) is 11.0. The van der Waals surface area contributed by atoms with Crippen molar-refractivity contribution in [2.24, 2.45) is 11.8 Å². The minimum Gasteiger partial charge on any atom is -0.454 e. The molecule has 2 heterocycles. The molecular weight excluding hydrogens is 412 g/mol. The Morgan fingerprint density at radius 3 is 1.69 bits per heavy atom. The molecule has 1 aliphatic carbocycles. The molecule has 2 aromatic carbocycles. The third-order valence-electron chi connectivity index (χ3n) is 6.26. The molecule has 5 rings (SSSR count). The lowest BCUT2D eigenvalue weighted by Crippen LogP contribution is -2.35. The van der Waals surface area contributed by atoms with Crippen LogP contribution in [-0.4, -0.2) is 38.5 Å². The quantitative estimate of drug-likeness (QED) is 0.720. The van der Waals surface area contributed by atoms with Crippen molar-refractivity contribution in [1.29, 1.82) is 0 Å². The largest absolute Gasteiger partial charge is 0.454 e. The first-order chi connectivity index (χ1) is 15.7. The minimum atomic E-state index is -0.110. The van der Waals surface area contributed by atoms with Gasteiger partial charge in [0.1, 0.15) is 0 Å². The van der Waals surface area contributed by atoms with Gasteiger partial charge in [-0.25, -0.2) is 0 Å². The summed E-state index contributed by atoms with van der Waals surface area (Å²) in [4.78, 5) is 25.1. The summed E-state index contributed by atoms with van der Waals surface area (Å²) >= 11 is 0. The molecule has 2 aliphatic heterocycles. The summed E-state index contributed by atoms with van der Waals surface area (Å²) in [6, 6.07) is 10.4. The molecular formula is C24H26N2O6. The summed E-state index contributed by atoms with van der Waals surface area (Å²) in [7, 11) is 0. The maximum Gasteiger partial charge on any atom is 0.251 e. The van der Waals surface area contributed by atoms with Crippen molar-refractivity contribution in [3.05, 3.63) is 47.5 Å². The lowest BCUT2D eigenvalue weighted by atomic mass is 9.81. The Morgan fingerprint density at radius 2 is 1.19 bits per heavy atom. The molecule has 8 heteroatoms. The molecule has 168 valence electrons. The molecule has 2 atom stereocenters. The Balaban J connectivity index is 1.09. The third-order valence-corrected chi connectivity index (χ3v) is 6.26. The Kier molecular flexibility index (Phi) is 5.75. The highest BCUT2D eigenvalue weighted by atomic mass is 16.7. The molecule has 2 unspecified atom stereocenters. The molecule has 0 bridgehead atoms. The van der Waals surface area contributed by atoms with Crippen molar-refractivity contribution >= 4 is 11.8 Å². The van der Waals surface area contributed by atoms with Gasteiger partial charge in [0.2, 0.25) is 13.6 Å². The van der Waals surface area contributed by atoms with Crippen LogP contribution in [0.1, 0.15) is 46.4 Å². The van der Waals surface area contributed by atoms with E-state index >= 15 is 0 Å². The first kappa shape index (κ1) is 20.5. The zero-order valence-electron chi connectivity index (χ0n) is 17.7. The van der Waals surface area contributed by atoms with E-state index in [4.69, 9.17) is 18.9 Å². The smallest absolute Gasteiger partial charge is 0.251 e. The number of carbonyl (C=O) groups is 2. The average Bonchev–Trinajstić information content (AvgIpc) is 3.49. The number of ether oxygens (including phenoxy) is 4. The van der Waals surface area contributed by atoms with Crippen molar-refractivity contribution in [1.82, 2.24) is 10.6 Å². The number of nitrogens with one attached hydrogen (secondary N) is 2. The van der Waals surface area contributed by atoms with E-state index in [0.29, 0.717) is 59.1 Å². The van der Waals surface area contributed by atoms with Gasteiger partial charge in [0, 0.05) is 24.2 Å². The minimum absolute atomic E-state index is 0.110. The van der Waals surface area contributed by atoms with Gasteiger partial charge in [0.15, 0.2) is 23.0 Å². The number of amides is 2. The molecule has 32 heavy (non-hydrogen) atoms. The van der Waals surface area contributed by atoms with Crippen molar-refractivity contribution in [2.45, 2.75) is 25.7 Å². The van der Waals surface area contributed by atoms with Crippen molar-refractivity contribution in [2.75, 3.05) is 26.7 Å². The van der Waals surface area contributed by atoms with E-state index in [1.54, 1.807) is 36.4 Å². The average molecular weight is 438 g/mol. The van der Waals surface area contributed by atoms with Gasteiger partial charge < -0.3 is 29.6 Å². The molecule has 3 aliphatic rings. The molecule has 1 fully saturated rings. The Hall–Kier alpha value is -3.42. The van der Waals surface area contributed by atoms with E-state index in [-0.39, 0.29) is 25.4 Å². The van der Waals surface area contributed by atoms with E-state index < -0.39 is 0 Å². The van der Waals surface area contributed by atoms with Crippen molar-refractivity contribution in [3.8, 4) is 23.0 Å². The van der Waals surface area contributed by atoms with E-state index in [9.17, 15) is 9.59 Å². The van der Waals surface area contributed by atoms with Gasteiger partial charge in [-0.2, -0.15) is 0 Å². The van der Waals surface area contributed by atoms with Gasteiger partial charge in [-0.15, -0.1) is 0 Å². The number of carbonyl (C=O) groups excluding carboxylic acids is 2. The predicted octanol–water partition coefficient (Wildman–Crippen LogP) is 3.11. The third kappa shape index (κ3) is 4.44. The number of hydrogen-bond acceptors (Lipinski definition) is 6. The molecule has 2 amide bonds. The summed E-state index contributed by atoms with van der Waals surface area (Å²) in [5.74, 6) is 3.12. The summed E-state index contributed by atoms with van der Waals surface area (Å²) < 4.78 is 21.3. The molecule has 0 aromatic heterocycles. The summed E-state index contributed by atoms with van der Waals surface area (Å²) in [6.07, 6.45) is 4.22. The standard InChI is InChI=1S/C24H26N2O6/c27-23(17-4-6-19-21(9-17)31-13-29-19)25-11-15-2-1-3-16(8-15)12-26-24(28)18-5-7-20-22(10-18)32-14-30-20/h4-7,9-10,15-16H,1-3,8,11-14H2,(H,25,27)(H,26,28). The lowest BCUT2D eigenvalue weighted by molar-refractivity contribution is 0.0935. The number of fused-ring (bicyclic) bond motifs is 2. The fourth-order valence-electron chi connectivity index (χ4n) is 4.53. The van der Waals surface area contributed by atoms with Crippen LogP contribution in [0.3, 0.4) is 0 Å². The zero-order valence-corrected chi connectivity index (χ0v) is 17.7. The maximum absolute atomic E-state index is 12.5. The normalized spacial score (nSPS) is 20.6. The lowest BCUT2D eigenvalue weighted by Gasteiger charge is -2.29. The Morgan fingerprint density at radius 1 is 0.719 bits per heavy atom. The molecule has 2 aromatic rings. The fraction of sp³-hybridized carbons (Fsp3) is 0.417. The van der Waals surface area contributed by atoms with Crippen LogP contribution in [-0.2, 0) is 0 Å². The topological polar surface area (TPSA) is 95.1 Å². The van der Waals surface area contributed by atoms with Crippen LogP contribution in [0.2, 0.25) is 0 Å². The molecule has 1 saturated carbocycles. The number of rotatable bonds is 6. The first-order valence-corrected chi connectivity index (χ1v) is 11.0. The predicted molar refractivity (Wildman–Crippen MR) is 115 cm³/mol. The second-order valence-electron chi connectivity index (χ2n) is 8.45. The van der Waals surface area contributed by atoms with E-state index in [1.807, 2.05) is 0 Å². The van der Waals surface area contributed by atoms with Crippen LogP contribution in [0, 0.1) is 11.8 Å². The summed E-state index contributed by atoms with van der Waals surface area (Å²) in [5, 5.41) is 6.09. The van der Waals surface area contributed by atoms with E-state index in [2.05, 4.69) is 10.6 Å². The Labute approximate surface area is 186 Å². The van der Waals surface area contributed by atoms with Gasteiger partial charge in [-0.1, -0.05) is 6.42 Å². The van der Waals surface area contributed by atoms with E-state index in [1.165, 1.54) is 0 Å². The highest BCUT2D eigenvalue weighted by molar-refractivity contribution is 5.95. The van der Waals surface area contributed by atoms with Crippen LogP contribution in [0.4, 0.5) is 0 Å². The van der Waals surface area contributed by atoms with Gasteiger partial charge in [-0.05, 0) is 67.5 Å². The highest BCUT2D eigenvalue weighted by Crippen LogP contribution is 2.34. The van der Waals surface area contributed by atoms with Crippen LogP contribution in [0.5, 0.6) is 23.0 Å². The fourth-order valence-corrected chi connectivity index (χ4v) is 4.53. The SMILES string of the molecule is O=C(NCC1CCCC(CNC(=O)c2ccc3c(c2)OCO3)C1)c1ccc2c(c1)OCO2. The molecule has 0 radical (unpaired) electrons. The van der Waals surface area contributed by atoms with E-state index in [0.717, 1.165) is 25.7 Å². The molecule has 2 N–H and O–H groups in total. The van der Waals surface area contributed by atoms with Crippen LogP contribution < -0.4 is 29.6 Å². The van der Waals surface area contributed by atoms with Crippen LogP contribution >= 0.6 is 0 Å². The summed E-state index contributed by atoms with van der Waals surface area (Å²) in [5.41, 5.74) is 1.13. The van der Waals surface area contributed by atoms with Gasteiger partial charge in [0.05, 0.1) is 0 Å². The Bertz CT molecular complexity index is 944. The maximum atomic E-state index is 12.5. The second-order valence-corrected chi connectivity index (χ2v) is 8.45. The molecule has 0 saturated heterocycles. The van der Waals surface area contributed by atoms with Gasteiger partial charge in [0.25, 0.3) is 11.8 Å². The van der Waals surface area contributed by atoms with Crippen molar-refractivity contribution < 1.29 is 28.5 Å². The number of hydrogen-bond donors (Lipinski definition) is 2. The zero-order chi connectivity index (χ0) is 21.9. The van der Waals surface area contributed by atoms with Crippen LogP contribution in [0.15, 0.2) is 36.4 Å².